The van der Waals surface area contributed by atoms with Crippen molar-refractivity contribution in [3.05, 3.63) is 0 Å². The van der Waals surface area contributed by atoms with Crippen LogP contribution in [-0.2, 0) is 15.6 Å². The van der Waals surface area contributed by atoms with Gasteiger partial charge in [-0.05, 0) is 32.7 Å². The molecular weight excluding hydrogens is 260 g/mol. The summed E-state index contributed by atoms with van der Waals surface area (Å²) in [5, 5.41) is 3.34. The number of nitrogens with zero attached hydrogens (tertiary/aromatic N) is 1. The molecule has 0 aromatic rings. The van der Waals surface area contributed by atoms with Crippen LogP contribution in [0.25, 0.3) is 0 Å². The van der Waals surface area contributed by atoms with E-state index in [4.69, 9.17) is 0 Å². The number of amides is 1. The molecular formula is C14H28N2O2S. The van der Waals surface area contributed by atoms with E-state index >= 15 is 0 Å². The predicted octanol–water partition coefficient (Wildman–Crippen LogP) is 1.53. The lowest BCUT2D eigenvalue weighted by atomic mass is 10.2. The van der Waals surface area contributed by atoms with Gasteiger partial charge in [0.05, 0.1) is 0 Å². The summed E-state index contributed by atoms with van der Waals surface area (Å²) in [6, 6.07) is 0.209. The summed E-state index contributed by atoms with van der Waals surface area (Å²) >= 11 is 0. The summed E-state index contributed by atoms with van der Waals surface area (Å²) < 4.78 is 10.9. The average molecular weight is 288 g/mol. The van der Waals surface area contributed by atoms with Gasteiger partial charge in [-0.2, -0.15) is 0 Å². The minimum absolute atomic E-state index is 0.209. The molecule has 4 nitrogen and oxygen atoms in total. The van der Waals surface area contributed by atoms with E-state index in [-0.39, 0.29) is 11.9 Å². The second-order valence-corrected chi connectivity index (χ2v) is 7.04. The summed E-state index contributed by atoms with van der Waals surface area (Å²) in [5.41, 5.74) is 0. The van der Waals surface area contributed by atoms with Gasteiger partial charge in [0.2, 0.25) is 5.91 Å². The molecule has 1 aliphatic heterocycles. The molecule has 2 unspecified atom stereocenters. The molecule has 1 fully saturated rings. The van der Waals surface area contributed by atoms with Crippen LogP contribution in [0.1, 0.15) is 45.4 Å². The van der Waals surface area contributed by atoms with E-state index in [1.165, 1.54) is 12.8 Å². The first-order valence-electron chi connectivity index (χ1n) is 7.41. The van der Waals surface area contributed by atoms with Gasteiger partial charge in [-0.25, -0.2) is 0 Å². The van der Waals surface area contributed by atoms with Gasteiger partial charge >= 0.3 is 0 Å². The predicted molar refractivity (Wildman–Crippen MR) is 80.7 cm³/mol. The SMILES string of the molecule is CC(CC(=O)N1CCCCCC1)NCCCS(C)=O. The summed E-state index contributed by atoms with van der Waals surface area (Å²) in [6.07, 6.45) is 8.02. The molecule has 5 heteroatoms. The molecule has 0 aromatic heterocycles. The maximum atomic E-state index is 12.1. The van der Waals surface area contributed by atoms with Crippen LogP contribution in [0, 0.1) is 0 Å². The number of rotatable bonds is 7. The van der Waals surface area contributed by atoms with Gasteiger partial charge in [-0.15, -0.1) is 0 Å². The number of hydrogen-bond acceptors (Lipinski definition) is 3. The third-order valence-electron chi connectivity index (χ3n) is 3.54. The lowest BCUT2D eigenvalue weighted by Gasteiger charge is -2.22. The number of hydrogen-bond donors (Lipinski definition) is 1. The quantitative estimate of drug-likeness (QED) is 0.723. The Labute approximate surface area is 119 Å². The van der Waals surface area contributed by atoms with Crippen LogP contribution in [0.4, 0.5) is 0 Å². The number of nitrogens with one attached hydrogen (secondary N) is 1. The molecule has 1 saturated heterocycles. The highest BCUT2D eigenvalue weighted by Gasteiger charge is 2.17. The summed E-state index contributed by atoms with van der Waals surface area (Å²) in [7, 11) is -0.712. The fourth-order valence-corrected chi connectivity index (χ4v) is 2.96. The van der Waals surface area contributed by atoms with Gasteiger partial charge in [0.25, 0.3) is 0 Å². The first kappa shape index (κ1) is 16.6. The van der Waals surface area contributed by atoms with Crippen LogP contribution in [0.5, 0.6) is 0 Å². The van der Waals surface area contributed by atoms with Crippen molar-refractivity contribution in [2.24, 2.45) is 0 Å². The van der Waals surface area contributed by atoms with E-state index in [0.29, 0.717) is 6.42 Å². The molecule has 0 spiro atoms. The van der Waals surface area contributed by atoms with Crippen molar-refractivity contribution in [1.82, 2.24) is 10.2 Å². The topological polar surface area (TPSA) is 49.4 Å². The third kappa shape index (κ3) is 7.67. The molecule has 0 saturated carbocycles. The first-order chi connectivity index (χ1) is 9.09. The lowest BCUT2D eigenvalue weighted by Crippen LogP contribution is -2.38. The number of carbonyl (C=O) groups is 1. The van der Waals surface area contributed by atoms with E-state index in [2.05, 4.69) is 12.2 Å². The highest BCUT2D eigenvalue weighted by atomic mass is 32.2. The average Bonchev–Trinajstić information content (AvgIpc) is 2.63. The van der Waals surface area contributed by atoms with Crippen LogP contribution in [-0.4, -0.2) is 52.7 Å². The smallest absolute Gasteiger partial charge is 0.224 e. The van der Waals surface area contributed by atoms with Crippen molar-refractivity contribution in [2.75, 3.05) is 31.6 Å². The van der Waals surface area contributed by atoms with Crippen molar-refractivity contribution in [3.63, 3.8) is 0 Å². The molecule has 1 rings (SSSR count). The van der Waals surface area contributed by atoms with Crippen molar-refractivity contribution in [3.8, 4) is 0 Å². The Morgan fingerprint density at radius 2 is 1.89 bits per heavy atom. The van der Waals surface area contributed by atoms with Crippen LogP contribution < -0.4 is 5.32 Å². The second-order valence-electron chi connectivity index (χ2n) is 5.49. The molecule has 19 heavy (non-hydrogen) atoms. The largest absolute Gasteiger partial charge is 0.343 e. The minimum atomic E-state index is -0.712. The first-order valence-corrected chi connectivity index (χ1v) is 9.13. The Balaban J connectivity index is 2.17. The number of likely N-dealkylation sites (tertiary alicyclic amines) is 1. The molecule has 1 amide bonds. The van der Waals surface area contributed by atoms with Crippen molar-refractivity contribution in [1.29, 1.82) is 0 Å². The van der Waals surface area contributed by atoms with E-state index in [0.717, 1.165) is 44.6 Å². The zero-order chi connectivity index (χ0) is 14.1. The van der Waals surface area contributed by atoms with Gasteiger partial charge < -0.3 is 10.2 Å². The van der Waals surface area contributed by atoms with Crippen LogP contribution in [0.15, 0.2) is 0 Å². The highest BCUT2D eigenvalue weighted by molar-refractivity contribution is 7.84. The fourth-order valence-electron chi connectivity index (χ4n) is 2.41. The monoisotopic (exact) mass is 288 g/mol. The third-order valence-corrected chi connectivity index (χ3v) is 4.40. The molecule has 112 valence electrons. The molecule has 1 N–H and O–H groups in total. The van der Waals surface area contributed by atoms with Gasteiger partial charge in [-0.3, -0.25) is 9.00 Å². The maximum Gasteiger partial charge on any atom is 0.224 e. The summed E-state index contributed by atoms with van der Waals surface area (Å²) in [5.74, 6) is 1.01. The molecule has 0 bridgehead atoms. The molecule has 0 radical (unpaired) electrons. The van der Waals surface area contributed by atoms with Crippen LogP contribution in [0.3, 0.4) is 0 Å². The van der Waals surface area contributed by atoms with E-state index in [1.807, 2.05) is 4.90 Å². The molecule has 1 heterocycles. The highest BCUT2D eigenvalue weighted by Crippen LogP contribution is 2.11. The molecule has 0 aliphatic carbocycles. The van der Waals surface area contributed by atoms with E-state index < -0.39 is 10.8 Å². The number of carbonyl (C=O) groups excluding carboxylic acids is 1. The van der Waals surface area contributed by atoms with Gasteiger partial charge in [-0.1, -0.05) is 12.8 Å². The standard InChI is InChI=1S/C14H28N2O2S/c1-13(15-8-7-11-19(2)18)12-14(17)16-9-5-3-4-6-10-16/h13,15H,3-12H2,1-2H3. The fraction of sp³-hybridized carbons (Fsp3) is 0.929. The summed E-state index contributed by atoms with van der Waals surface area (Å²) in [6.45, 7) is 4.76. The second kappa shape index (κ2) is 9.48. The van der Waals surface area contributed by atoms with Crippen molar-refractivity contribution < 1.29 is 9.00 Å². The van der Waals surface area contributed by atoms with E-state index in [9.17, 15) is 9.00 Å². The van der Waals surface area contributed by atoms with Crippen LogP contribution >= 0.6 is 0 Å². The zero-order valence-electron chi connectivity index (χ0n) is 12.3. The Kier molecular flexibility index (Phi) is 8.30. The lowest BCUT2D eigenvalue weighted by molar-refractivity contribution is -0.131. The van der Waals surface area contributed by atoms with Gasteiger partial charge in [0, 0.05) is 48.4 Å². The van der Waals surface area contributed by atoms with E-state index in [1.54, 1.807) is 6.26 Å². The van der Waals surface area contributed by atoms with Gasteiger partial charge in [0.1, 0.15) is 0 Å². The normalized spacial score (nSPS) is 19.8. The maximum absolute atomic E-state index is 12.1. The Hall–Kier alpha value is -0.420. The van der Waals surface area contributed by atoms with Crippen molar-refractivity contribution >= 4 is 16.7 Å². The molecule has 0 aromatic carbocycles. The van der Waals surface area contributed by atoms with Crippen LogP contribution in [0.2, 0.25) is 0 Å². The Morgan fingerprint density at radius 3 is 2.47 bits per heavy atom. The molecule has 1 aliphatic rings. The van der Waals surface area contributed by atoms with Gasteiger partial charge in [0.15, 0.2) is 0 Å². The summed E-state index contributed by atoms with van der Waals surface area (Å²) in [4.78, 5) is 14.2. The molecule has 2 atom stereocenters. The Morgan fingerprint density at radius 1 is 1.26 bits per heavy atom. The van der Waals surface area contributed by atoms with Crippen molar-refractivity contribution in [2.45, 2.75) is 51.5 Å². The Bertz CT molecular complexity index is 289. The minimum Gasteiger partial charge on any atom is -0.343 e. The zero-order valence-corrected chi connectivity index (χ0v) is 13.1.